The molecule has 0 radical (unpaired) electrons. The van der Waals surface area contributed by atoms with E-state index < -0.39 is 10.9 Å². The highest BCUT2D eigenvalue weighted by atomic mass is 16.6. The molecule has 0 unspecified atom stereocenters. The van der Waals surface area contributed by atoms with Gasteiger partial charge in [-0.25, -0.2) is 4.79 Å². The first-order chi connectivity index (χ1) is 10.1. The lowest BCUT2D eigenvalue weighted by atomic mass is 10.1. The molecule has 108 valence electrons. The molecule has 0 aliphatic heterocycles. The number of carboxylic acids is 1. The van der Waals surface area contributed by atoms with Crippen molar-refractivity contribution in [1.29, 1.82) is 0 Å². The predicted octanol–water partition coefficient (Wildman–Crippen LogP) is 1.65. The fourth-order valence-corrected chi connectivity index (χ4v) is 1.47. The molecule has 1 aromatic heterocycles. The Balaban J connectivity index is 2.20. The van der Waals surface area contributed by atoms with Gasteiger partial charge in [-0.1, -0.05) is 11.2 Å². The molecule has 0 atom stereocenters. The van der Waals surface area contributed by atoms with Gasteiger partial charge in [-0.3, -0.25) is 10.1 Å². The molecular weight excluding hydrogens is 282 g/mol. The van der Waals surface area contributed by atoms with E-state index >= 15 is 0 Å². The predicted molar refractivity (Wildman–Crippen MR) is 68.4 cm³/mol. The number of rotatable bonds is 6. The number of aliphatic carboxylic acids is 1. The molecule has 0 fully saturated rings. The molecule has 9 nitrogen and oxygen atoms in total. The number of nitrogens with zero attached hydrogens (tertiary/aromatic N) is 3. The third kappa shape index (κ3) is 3.86. The van der Waals surface area contributed by atoms with Crippen LogP contribution < -0.4 is 4.74 Å². The summed E-state index contributed by atoms with van der Waals surface area (Å²) in [4.78, 5) is 24.5. The van der Waals surface area contributed by atoms with E-state index in [1.165, 1.54) is 24.3 Å². The van der Waals surface area contributed by atoms with Crippen molar-refractivity contribution in [2.45, 2.75) is 6.61 Å². The first kappa shape index (κ1) is 14.2. The van der Waals surface area contributed by atoms with Crippen LogP contribution in [0.4, 0.5) is 5.69 Å². The highest BCUT2D eigenvalue weighted by Crippen LogP contribution is 2.29. The molecule has 1 heterocycles. The Hall–Kier alpha value is -3.23. The van der Waals surface area contributed by atoms with Gasteiger partial charge in [-0.15, -0.1) is 0 Å². The highest BCUT2D eigenvalue weighted by Gasteiger charge is 2.16. The maximum atomic E-state index is 11.0. The zero-order valence-corrected chi connectivity index (χ0v) is 10.5. The van der Waals surface area contributed by atoms with Crippen molar-refractivity contribution >= 4 is 17.7 Å². The molecule has 0 aliphatic carbocycles. The van der Waals surface area contributed by atoms with Crippen LogP contribution in [0.25, 0.3) is 6.08 Å². The number of benzene rings is 1. The quantitative estimate of drug-likeness (QED) is 0.483. The second kappa shape index (κ2) is 6.28. The van der Waals surface area contributed by atoms with E-state index in [0.717, 1.165) is 12.5 Å². The third-order valence-corrected chi connectivity index (χ3v) is 2.36. The van der Waals surface area contributed by atoms with Crippen molar-refractivity contribution in [2.24, 2.45) is 0 Å². The molecule has 21 heavy (non-hydrogen) atoms. The Morgan fingerprint density at radius 2 is 2.33 bits per heavy atom. The van der Waals surface area contributed by atoms with E-state index in [-0.39, 0.29) is 23.9 Å². The summed E-state index contributed by atoms with van der Waals surface area (Å²) in [6.45, 7) is -0.0817. The Labute approximate surface area is 117 Å². The maximum absolute atomic E-state index is 11.0. The lowest BCUT2D eigenvalue weighted by molar-refractivity contribution is -0.386. The summed E-state index contributed by atoms with van der Waals surface area (Å²) in [5.41, 5.74) is 0.0852. The SMILES string of the molecule is O=C(O)/C=C/c1ccc(OCc2ncon2)c([N+](=O)[O-])c1. The fraction of sp³-hybridized carbons (Fsp3) is 0.0833. The van der Waals surface area contributed by atoms with Gasteiger partial charge in [0, 0.05) is 12.1 Å². The number of carbonyl (C=O) groups is 1. The summed E-state index contributed by atoms with van der Waals surface area (Å²) in [5.74, 6) is -0.869. The monoisotopic (exact) mass is 291 g/mol. The van der Waals surface area contributed by atoms with Crippen LogP contribution in [0.2, 0.25) is 0 Å². The zero-order valence-electron chi connectivity index (χ0n) is 10.5. The van der Waals surface area contributed by atoms with Crippen molar-refractivity contribution in [3.8, 4) is 5.75 Å². The molecule has 1 N–H and O–H groups in total. The number of nitro groups is 1. The number of ether oxygens (including phenoxy) is 1. The summed E-state index contributed by atoms with van der Waals surface area (Å²) >= 11 is 0. The standard InChI is InChI=1S/C12H9N3O6/c16-12(17)4-2-8-1-3-10(9(5-8)15(18)19)20-6-11-13-7-21-14-11/h1-5,7H,6H2,(H,16,17)/b4-2+. The maximum Gasteiger partial charge on any atom is 0.328 e. The number of hydrogen-bond acceptors (Lipinski definition) is 7. The van der Waals surface area contributed by atoms with E-state index in [4.69, 9.17) is 9.84 Å². The Kier molecular flexibility index (Phi) is 4.24. The van der Waals surface area contributed by atoms with Gasteiger partial charge >= 0.3 is 11.7 Å². The molecule has 9 heteroatoms. The van der Waals surface area contributed by atoms with Crippen LogP contribution in [0.1, 0.15) is 11.4 Å². The number of nitro benzene ring substituents is 1. The van der Waals surface area contributed by atoms with E-state index in [1.807, 2.05) is 0 Å². The Morgan fingerprint density at radius 3 is 2.95 bits per heavy atom. The molecular formula is C12H9N3O6. The van der Waals surface area contributed by atoms with Gasteiger partial charge in [0.15, 0.2) is 12.4 Å². The Morgan fingerprint density at radius 1 is 1.52 bits per heavy atom. The minimum Gasteiger partial charge on any atom is -0.478 e. The van der Waals surface area contributed by atoms with Crippen LogP contribution in [0.5, 0.6) is 5.75 Å². The second-order valence-electron chi connectivity index (χ2n) is 3.79. The fourth-order valence-electron chi connectivity index (χ4n) is 1.47. The second-order valence-corrected chi connectivity index (χ2v) is 3.79. The summed E-state index contributed by atoms with van der Waals surface area (Å²) in [5, 5.41) is 23.1. The summed E-state index contributed by atoms with van der Waals surface area (Å²) < 4.78 is 9.77. The highest BCUT2D eigenvalue weighted by molar-refractivity contribution is 5.85. The molecule has 0 saturated heterocycles. The van der Waals surface area contributed by atoms with Gasteiger partial charge in [-0.2, -0.15) is 4.98 Å². The first-order valence-corrected chi connectivity index (χ1v) is 5.64. The van der Waals surface area contributed by atoms with Crippen LogP contribution in [-0.4, -0.2) is 26.1 Å². The van der Waals surface area contributed by atoms with E-state index in [2.05, 4.69) is 14.7 Å². The zero-order chi connectivity index (χ0) is 15.2. The van der Waals surface area contributed by atoms with E-state index in [9.17, 15) is 14.9 Å². The van der Waals surface area contributed by atoms with E-state index in [1.54, 1.807) is 0 Å². The molecule has 0 spiro atoms. The van der Waals surface area contributed by atoms with Crippen molar-refractivity contribution in [1.82, 2.24) is 10.1 Å². The van der Waals surface area contributed by atoms with Crippen molar-refractivity contribution in [3.05, 3.63) is 52.2 Å². The van der Waals surface area contributed by atoms with E-state index in [0.29, 0.717) is 5.56 Å². The lowest BCUT2D eigenvalue weighted by Crippen LogP contribution is -2.00. The number of carboxylic acid groups (broad SMARTS) is 1. The molecule has 2 rings (SSSR count). The Bertz CT molecular complexity index is 680. The minimum absolute atomic E-state index is 0.0253. The van der Waals surface area contributed by atoms with Crippen molar-refractivity contribution < 1.29 is 24.1 Å². The summed E-state index contributed by atoms with van der Waals surface area (Å²) in [6, 6.07) is 4.09. The molecule has 1 aromatic carbocycles. The van der Waals surface area contributed by atoms with Gasteiger partial charge in [0.2, 0.25) is 12.2 Å². The van der Waals surface area contributed by atoms with Gasteiger partial charge in [0.05, 0.1) is 4.92 Å². The first-order valence-electron chi connectivity index (χ1n) is 5.64. The summed E-state index contributed by atoms with van der Waals surface area (Å²) in [7, 11) is 0. The normalized spacial score (nSPS) is 10.7. The largest absolute Gasteiger partial charge is 0.478 e. The van der Waals surface area contributed by atoms with Crippen LogP contribution in [-0.2, 0) is 11.4 Å². The molecule has 2 aromatic rings. The average molecular weight is 291 g/mol. The van der Waals surface area contributed by atoms with Gasteiger partial charge in [0.1, 0.15) is 0 Å². The number of hydrogen-bond donors (Lipinski definition) is 1. The topological polar surface area (TPSA) is 129 Å². The van der Waals surface area contributed by atoms with Gasteiger partial charge < -0.3 is 14.4 Å². The summed E-state index contributed by atoms with van der Waals surface area (Å²) in [6.07, 6.45) is 3.25. The van der Waals surface area contributed by atoms with Crippen LogP contribution in [0.15, 0.2) is 35.2 Å². The minimum atomic E-state index is -1.14. The number of aromatic nitrogens is 2. The molecule has 0 saturated carbocycles. The smallest absolute Gasteiger partial charge is 0.328 e. The van der Waals surface area contributed by atoms with Crippen LogP contribution in [0, 0.1) is 10.1 Å². The van der Waals surface area contributed by atoms with Crippen molar-refractivity contribution in [3.63, 3.8) is 0 Å². The molecule has 0 amide bonds. The molecule has 0 bridgehead atoms. The van der Waals surface area contributed by atoms with Crippen LogP contribution in [0.3, 0.4) is 0 Å². The van der Waals surface area contributed by atoms with Gasteiger partial charge in [0.25, 0.3) is 0 Å². The van der Waals surface area contributed by atoms with Crippen LogP contribution >= 0.6 is 0 Å². The average Bonchev–Trinajstić information content (AvgIpc) is 2.96. The lowest BCUT2D eigenvalue weighted by Gasteiger charge is -2.05. The molecule has 0 aliphatic rings. The van der Waals surface area contributed by atoms with Crippen molar-refractivity contribution in [2.75, 3.05) is 0 Å². The van der Waals surface area contributed by atoms with Gasteiger partial charge in [-0.05, 0) is 17.7 Å². The third-order valence-electron chi connectivity index (χ3n) is 2.36.